The third-order valence-electron chi connectivity index (χ3n) is 4.79. The molecular weight excluding hydrogens is 460 g/mol. The molecule has 0 fully saturated rings. The first kappa shape index (κ1) is 23.6. The lowest BCUT2D eigenvalue weighted by Gasteiger charge is -2.30. The lowest BCUT2D eigenvalue weighted by Crippen LogP contribution is -2.37. The monoisotopic (exact) mass is 484 g/mol. The molecule has 1 aliphatic heterocycles. The maximum absolute atomic E-state index is 13.1. The van der Waals surface area contributed by atoms with Crippen LogP contribution < -0.4 is 4.72 Å². The number of carbonyl (C=O) groups excluding carboxylic acids is 2. The minimum absolute atomic E-state index is 0.00913. The van der Waals surface area contributed by atoms with E-state index in [1.54, 1.807) is 17.0 Å². The second-order valence-electron chi connectivity index (χ2n) is 8.57. The van der Waals surface area contributed by atoms with Crippen LogP contribution in [-0.2, 0) is 32.5 Å². The van der Waals surface area contributed by atoms with E-state index >= 15 is 0 Å². The van der Waals surface area contributed by atoms with Crippen LogP contribution in [0.15, 0.2) is 28.5 Å². The van der Waals surface area contributed by atoms with Gasteiger partial charge in [-0.15, -0.1) is 11.3 Å². The van der Waals surface area contributed by atoms with Crippen molar-refractivity contribution in [2.45, 2.75) is 44.4 Å². The zero-order valence-corrected chi connectivity index (χ0v) is 20.2. The van der Waals surface area contributed by atoms with E-state index < -0.39 is 16.0 Å². The predicted molar refractivity (Wildman–Crippen MR) is 121 cm³/mol. The highest BCUT2D eigenvalue weighted by Crippen LogP contribution is 2.38. The number of halogens is 1. The maximum atomic E-state index is 13.1. The quantitative estimate of drug-likeness (QED) is 0.638. The standard InChI is InChI=1S/C21H25ClN2O5S2/c1-21(2,3)11-17(25)24-10-9-15-16(12-24)30-20(18(15)19(26)29-4)31(27,28)23-14-7-5-13(22)6-8-14/h5-8,23H,9-12H2,1-4H3. The number of nitrogens with zero attached hydrogens (tertiary/aromatic N) is 1. The van der Waals surface area contributed by atoms with E-state index in [4.69, 9.17) is 16.3 Å². The summed E-state index contributed by atoms with van der Waals surface area (Å²) in [5.74, 6) is -0.696. The van der Waals surface area contributed by atoms with Crippen molar-refractivity contribution in [2.24, 2.45) is 5.41 Å². The Bertz CT molecular complexity index is 1100. The van der Waals surface area contributed by atoms with Gasteiger partial charge in [-0.25, -0.2) is 13.2 Å². The summed E-state index contributed by atoms with van der Waals surface area (Å²) in [5.41, 5.74) is 0.856. The number of thiophene rings is 1. The van der Waals surface area contributed by atoms with E-state index in [0.29, 0.717) is 40.5 Å². The summed E-state index contributed by atoms with van der Waals surface area (Å²) in [6.07, 6.45) is 0.781. The normalized spacial score (nSPS) is 14.2. The third kappa shape index (κ3) is 5.39. The molecule has 168 valence electrons. The van der Waals surface area contributed by atoms with Gasteiger partial charge in [0, 0.05) is 28.6 Å². The number of ether oxygens (including phenoxy) is 1. The summed E-state index contributed by atoms with van der Waals surface area (Å²) in [4.78, 5) is 27.6. The van der Waals surface area contributed by atoms with Gasteiger partial charge in [0.05, 0.1) is 19.2 Å². The molecule has 0 spiro atoms. The van der Waals surface area contributed by atoms with Gasteiger partial charge in [0.15, 0.2) is 4.21 Å². The number of hydrogen-bond acceptors (Lipinski definition) is 6. The highest BCUT2D eigenvalue weighted by Gasteiger charge is 2.35. The van der Waals surface area contributed by atoms with Gasteiger partial charge in [0.2, 0.25) is 5.91 Å². The van der Waals surface area contributed by atoms with Crippen molar-refractivity contribution in [1.29, 1.82) is 0 Å². The highest BCUT2D eigenvalue weighted by molar-refractivity contribution is 7.94. The summed E-state index contributed by atoms with van der Waals surface area (Å²) in [6, 6.07) is 6.22. The van der Waals surface area contributed by atoms with E-state index in [0.717, 1.165) is 11.3 Å². The lowest BCUT2D eigenvalue weighted by molar-refractivity contribution is -0.133. The largest absolute Gasteiger partial charge is 0.465 e. The molecule has 1 aromatic carbocycles. The molecule has 0 radical (unpaired) electrons. The summed E-state index contributed by atoms with van der Waals surface area (Å²) < 4.78 is 33.5. The molecule has 1 N–H and O–H groups in total. The lowest BCUT2D eigenvalue weighted by atomic mass is 9.91. The van der Waals surface area contributed by atoms with Crippen molar-refractivity contribution >= 4 is 50.5 Å². The molecule has 1 aromatic heterocycles. The molecule has 7 nitrogen and oxygen atoms in total. The average molecular weight is 485 g/mol. The summed E-state index contributed by atoms with van der Waals surface area (Å²) in [5, 5.41) is 0.477. The smallest absolute Gasteiger partial charge is 0.340 e. The Morgan fingerprint density at radius 2 is 1.87 bits per heavy atom. The zero-order valence-electron chi connectivity index (χ0n) is 17.8. The first-order valence-corrected chi connectivity index (χ1v) is 12.4. The van der Waals surface area contributed by atoms with Gasteiger partial charge in [0.1, 0.15) is 0 Å². The number of rotatable bonds is 5. The number of methoxy groups -OCH3 is 1. The zero-order chi connectivity index (χ0) is 23.0. The number of hydrogen-bond donors (Lipinski definition) is 1. The SMILES string of the molecule is COC(=O)c1c(S(=O)(=O)Nc2ccc(Cl)cc2)sc2c1CCN(C(=O)CC(C)(C)C)C2. The van der Waals surface area contributed by atoms with Crippen molar-refractivity contribution in [3.05, 3.63) is 45.3 Å². The second kappa shape index (κ2) is 8.80. The van der Waals surface area contributed by atoms with Crippen LogP contribution in [0.1, 0.15) is 48.0 Å². The molecule has 0 unspecified atom stereocenters. The molecular formula is C21H25ClN2O5S2. The van der Waals surface area contributed by atoms with Gasteiger partial charge in [0.25, 0.3) is 10.0 Å². The number of anilines is 1. The van der Waals surface area contributed by atoms with Crippen molar-refractivity contribution in [1.82, 2.24) is 4.90 Å². The number of sulfonamides is 1. The third-order valence-corrected chi connectivity index (χ3v) is 8.16. The Labute approximate surface area is 191 Å². The summed E-state index contributed by atoms with van der Waals surface area (Å²) in [7, 11) is -2.83. The van der Waals surface area contributed by atoms with Crippen molar-refractivity contribution in [3.63, 3.8) is 0 Å². The summed E-state index contributed by atoms with van der Waals surface area (Å²) in [6.45, 7) is 6.68. The molecule has 1 amide bonds. The average Bonchev–Trinajstić information content (AvgIpc) is 3.07. The second-order valence-corrected chi connectivity index (χ2v) is 12.0. The number of benzene rings is 1. The highest BCUT2D eigenvalue weighted by atomic mass is 35.5. The van der Waals surface area contributed by atoms with Crippen LogP contribution in [0.3, 0.4) is 0 Å². The molecule has 2 aromatic rings. The van der Waals surface area contributed by atoms with Gasteiger partial charge >= 0.3 is 5.97 Å². The van der Waals surface area contributed by atoms with Crippen LogP contribution in [0, 0.1) is 5.41 Å². The van der Waals surface area contributed by atoms with Crippen molar-refractivity contribution in [3.8, 4) is 0 Å². The number of amides is 1. The van der Waals surface area contributed by atoms with Gasteiger partial charge in [-0.3, -0.25) is 9.52 Å². The molecule has 0 bridgehead atoms. The Morgan fingerprint density at radius 3 is 2.45 bits per heavy atom. The van der Waals surface area contributed by atoms with Crippen LogP contribution in [0.25, 0.3) is 0 Å². The predicted octanol–water partition coefficient (Wildman–Crippen LogP) is 4.31. The van der Waals surface area contributed by atoms with Gasteiger partial charge in [-0.1, -0.05) is 32.4 Å². The van der Waals surface area contributed by atoms with Gasteiger partial charge in [-0.2, -0.15) is 0 Å². The molecule has 31 heavy (non-hydrogen) atoms. The number of nitrogens with one attached hydrogen (secondary N) is 1. The Morgan fingerprint density at radius 1 is 1.23 bits per heavy atom. The van der Waals surface area contributed by atoms with E-state index in [-0.39, 0.29) is 27.6 Å². The van der Waals surface area contributed by atoms with E-state index in [9.17, 15) is 18.0 Å². The van der Waals surface area contributed by atoms with E-state index in [1.165, 1.54) is 19.2 Å². The van der Waals surface area contributed by atoms with E-state index in [1.807, 2.05) is 20.8 Å². The molecule has 0 aliphatic carbocycles. The molecule has 10 heteroatoms. The fraction of sp³-hybridized carbons (Fsp3) is 0.429. The van der Waals surface area contributed by atoms with Gasteiger partial charge < -0.3 is 9.64 Å². The van der Waals surface area contributed by atoms with E-state index in [2.05, 4.69) is 4.72 Å². The Hall–Kier alpha value is -2.10. The molecule has 1 aliphatic rings. The number of esters is 1. The van der Waals surface area contributed by atoms with Crippen LogP contribution >= 0.6 is 22.9 Å². The van der Waals surface area contributed by atoms with Crippen molar-refractivity contribution < 1.29 is 22.7 Å². The van der Waals surface area contributed by atoms with Crippen LogP contribution in [0.2, 0.25) is 5.02 Å². The number of fused-ring (bicyclic) bond motifs is 1. The number of carbonyl (C=O) groups is 2. The van der Waals surface area contributed by atoms with Gasteiger partial charge in [-0.05, 0) is 41.7 Å². The minimum Gasteiger partial charge on any atom is -0.465 e. The van der Waals surface area contributed by atoms with Crippen molar-refractivity contribution in [2.75, 3.05) is 18.4 Å². The maximum Gasteiger partial charge on any atom is 0.340 e. The minimum atomic E-state index is -4.05. The molecule has 0 saturated heterocycles. The fourth-order valence-corrected chi connectivity index (χ4v) is 6.46. The summed E-state index contributed by atoms with van der Waals surface area (Å²) >= 11 is 6.87. The molecule has 2 heterocycles. The first-order chi connectivity index (χ1) is 14.4. The Kier molecular flexibility index (Phi) is 6.69. The fourth-order valence-electron chi connectivity index (χ4n) is 3.37. The molecule has 0 saturated carbocycles. The van der Waals surface area contributed by atoms with Crippen LogP contribution in [-0.4, -0.2) is 38.8 Å². The Balaban J connectivity index is 1.96. The first-order valence-electron chi connectivity index (χ1n) is 9.70. The topological polar surface area (TPSA) is 92.8 Å². The van der Waals surface area contributed by atoms with Crippen LogP contribution in [0.5, 0.6) is 0 Å². The molecule has 0 atom stereocenters. The molecule has 3 rings (SSSR count). The van der Waals surface area contributed by atoms with Crippen LogP contribution in [0.4, 0.5) is 5.69 Å².